The van der Waals surface area contributed by atoms with Crippen molar-refractivity contribution in [1.82, 2.24) is 0 Å². The third-order valence-corrected chi connectivity index (χ3v) is 2.77. The summed E-state index contributed by atoms with van der Waals surface area (Å²) in [4.78, 5) is 0. The Morgan fingerprint density at radius 1 is 1.43 bits per heavy atom. The Morgan fingerprint density at radius 2 is 2.14 bits per heavy atom. The van der Waals surface area contributed by atoms with Gasteiger partial charge in [0.2, 0.25) is 0 Å². The molecule has 0 atom stereocenters. The second kappa shape index (κ2) is 4.98. The van der Waals surface area contributed by atoms with E-state index in [1.54, 1.807) is 7.11 Å². The standard InChI is InChI=1S/C11H16INO/c1-11(2,14-3)8-13-10-6-4-5-9(12)7-10/h4-7,13H,8H2,1-3H3. The van der Waals surface area contributed by atoms with E-state index in [1.165, 1.54) is 3.57 Å². The van der Waals surface area contributed by atoms with Crippen molar-refractivity contribution in [2.75, 3.05) is 19.0 Å². The Bertz CT molecular complexity index is 299. The predicted octanol–water partition coefficient (Wildman–Crippen LogP) is 3.13. The normalized spacial score (nSPS) is 11.4. The second-order valence-electron chi connectivity index (χ2n) is 3.83. The molecule has 0 saturated carbocycles. The van der Waals surface area contributed by atoms with E-state index >= 15 is 0 Å². The van der Waals surface area contributed by atoms with Crippen LogP contribution in [0.3, 0.4) is 0 Å². The number of ether oxygens (including phenoxy) is 1. The Morgan fingerprint density at radius 3 is 2.71 bits per heavy atom. The molecular weight excluding hydrogens is 289 g/mol. The maximum Gasteiger partial charge on any atom is 0.0794 e. The first-order valence-electron chi connectivity index (χ1n) is 4.58. The summed E-state index contributed by atoms with van der Waals surface area (Å²) in [5.41, 5.74) is 1.02. The van der Waals surface area contributed by atoms with E-state index < -0.39 is 0 Å². The van der Waals surface area contributed by atoms with Gasteiger partial charge in [0.15, 0.2) is 0 Å². The Kier molecular flexibility index (Phi) is 4.19. The number of anilines is 1. The fraction of sp³-hybridized carbons (Fsp3) is 0.455. The van der Waals surface area contributed by atoms with Crippen LogP contribution in [0, 0.1) is 3.57 Å². The van der Waals surface area contributed by atoms with Gasteiger partial charge in [-0.15, -0.1) is 0 Å². The van der Waals surface area contributed by atoms with Crippen LogP contribution < -0.4 is 5.32 Å². The molecule has 0 bridgehead atoms. The lowest BCUT2D eigenvalue weighted by Gasteiger charge is -2.23. The summed E-state index contributed by atoms with van der Waals surface area (Å²) in [7, 11) is 1.73. The number of halogens is 1. The summed E-state index contributed by atoms with van der Waals surface area (Å²) in [6, 6.07) is 8.30. The van der Waals surface area contributed by atoms with Crippen LogP contribution in [0.5, 0.6) is 0 Å². The molecule has 1 aromatic carbocycles. The van der Waals surface area contributed by atoms with Crippen LogP contribution in [-0.2, 0) is 4.74 Å². The van der Waals surface area contributed by atoms with Gasteiger partial charge in [0.25, 0.3) is 0 Å². The smallest absolute Gasteiger partial charge is 0.0794 e. The van der Waals surface area contributed by atoms with Crippen molar-refractivity contribution in [2.45, 2.75) is 19.4 Å². The van der Waals surface area contributed by atoms with Gasteiger partial charge >= 0.3 is 0 Å². The maximum atomic E-state index is 5.33. The predicted molar refractivity (Wildman–Crippen MR) is 68.7 cm³/mol. The van der Waals surface area contributed by atoms with E-state index in [4.69, 9.17) is 4.74 Å². The molecule has 0 unspecified atom stereocenters. The highest BCUT2D eigenvalue weighted by molar-refractivity contribution is 14.1. The molecule has 0 aliphatic carbocycles. The molecule has 0 aliphatic rings. The second-order valence-corrected chi connectivity index (χ2v) is 5.07. The van der Waals surface area contributed by atoms with Crippen LogP contribution in [0.1, 0.15) is 13.8 Å². The van der Waals surface area contributed by atoms with Gasteiger partial charge in [-0.1, -0.05) is 6.07 Å². The fourth-order valence-corrected chi connectivity index (χ4v) is 1.53. The Labute approximate surface area is 99.2 Å². The van der Waals surface area contributed by atoms with Gasteiger partial charge in [-0.25, -0.2) is 0 Å². The van der Waals surface area contributed by atoms with Crippen molar-refractivity contribution in [3.63, 3.8) is 0 Å². The maximum absolute atomic E-state index is 5.33. The summed E-state index contributed by atoms with van der Waals surface area (Å²) < 4.78 is 6.56. The van der Waals surface area contributed by atoms with Gasteiger partial charge in [0.1, 0.15) is 0 Å². The van der Waals surface area contributed by atoms with Crippen molar-refractivity contribution < 1.29 is 4.74 Å². The summed E-state index contributed by atoms with van der Waals surface area (Å²) in [6.07, 6.45) is 0. The van der Waals surface area contributed by atoms with Crippen LogP contribution in [0.2, 0.25) is 0 Å². The highest BCUT2D eigenvalue weighted by Crippen LogP contribution is 2.14. The number of nitrogens with one attached hydrogen (secondary N) is 1. The molecule has 14 heavy (non-hydrogen) atoms. The number of hydrogen-bond acceptors (Lipinski definition) is 2. The molecule has 1 N–H and O–H groups in total. The Balaban J connectivity index is 2.54. The minimum atomic E-state index is -0.124. The van der Waals surface area contributed by atoms with Gasteiger partial charge in [-0.05, 0) is 54.6 Å². The minimum absolute atomic E-state index is 0.124. The summed E-state index contributed by atoms with van der Waals surface area (Å²) >= 11 is 2.30. The SMILES string of the molecule is COC(C)(C)CNc1cccc(I)c1. The van der Waals surface area contributed by atoms with Crippen LogP contribution in [0.25, 0.3) is 0 Å². The molecule has 3 heteroatoms. The van der Waals surface area contributed by atoms with Crippen LogP contribution >= 0.6 is 22.6 Å². The van der Waals surface area contributed by atoms with Crippen molar-refractivity contribution in [3.05, 3.63) is 27.8 Å². The van der Waals surface area contributed by atoms with Crippen molar-refractivity contribution in [2.24, 2.45) is 0 Å². The van der Waals surface area contributed by atoms with E-state index in [-0.39, 0.29) is 5.60 Å². The van der Waals surface area contributed by atoms with Crippen molar-refractivity contribution in [1.29, 1.82) is 0 Å². The molecular formula is C11H16INO. The highest BCUT2D eigenvalue weighted by Gasteiger charge is 2.15. The third kappa shape index (κ3) is 3.84. The molecule has 0 aliphatic heterocycles. The van der Waals surface area contributed by atoms with Gasteiger partial charge in [-0.2, -0.15) is 0 Å². The van der Waals surface area contributed by atoms with Gasteiger partial charge in [-0.3, -0.25) is 0 Å². The average Bonchev–Trinajstić information content (AvgIpc) is 2.15. The molecule has 0 radical (unpaired) electrons. The number of rotatable bonds is 4. The quantitative estimate of drug-likeness (QED) is 0.863. The average molecular weight is 305 g/mol. The zero-order chi connectivity index (χ0) is 10.6. The van der Waals surface area contributed by atoms with E-state index in [9.17, 15) is 0 Å². The minimum Gasteiger partial charge on any atom is -0.382 e. The topological polar surface area (TPSA) is 21.3 Å². The third-order valence-electron chi connectivity index (χ3n) is 2.10. The number of hydrogen-bond donors (Lipinski definition) is 1. The zero-order valence-corrected chi connectivity index (χ0v) is 11.0. The molecule has 0 heterocycles. The van der Waals surface area contributed by atoms with E-state index in [2.05, 4.69) is 60.0 Å². The molecule has 1 aromatic rings. The van der Waals surface area contributed by atoms with Crippen LogP contribution in [-0.4, -0.2) is 19.3 Å². The summed E-state index contributed by atoms with van der Waals surface area (Å²) in [5, 5.41) is 3.35. The largest absolute Gasteiger partial charge is 0.382 e. The molecule has 0 spiro atoms. The summed E-state index contributed by atoms with van der Waals surface area (Å²) in [5.74, 6) is 0. The van der Waals surface area contributed by atoms with Crippen LogP contribution in [0.15, 0.2) is 24.3 Å². The lowest BCUT2D eigenvalue weighted by atomic mass is 10.1. The van der Waals surface area contributed by atoms with Crippen molar-refractivity contribution in [3.8, 4) is 0 Å². The number of methoxy groups -OCH3 is 1. The molecule has 0 saturated heterocycles. The molecule has 0 aromatic heterocycles. The number of benzene rings is 1. The van der Waals surface area contributed by atoms with E-state index in [1.807, 2.05) is 6.07 Å². The lowest BCUT2D eigenvalue weighted by Crippen LogP contribution is -2.32. The van der Waals surface area contributed by atoms with E-state index in [0.29, 0.717) is 0 Å². The molecule has 1 rings (SSSR count). The molecule has 0 amide bonds. The lowest BCUT2D eigenvalue weighted by molar-refractivity contribution is 0.0344. The van der Waals surface area contributed by atoms with Crippen molar-refractivity contribution >= 4 is 28.3 Å². The van der Waals surface area contributed by atoms with E-state index in [0.717, 1.165) is 12.2 Å². The van der Waals surface area contributed by atoms with Gasteiger partial charge < -0.3 is 10.1 Å². The Hall–Kier alpha value is -0.290. The first kappa shape index (κ1) is 11.8. The molecule has 2 nitrogen and oxygen atoms in total. The van der Waals surface area contributed by atoms with Crippen LogP contribution in [0.4, 0.5) is 5.69 Å². The van der Waals surface area contributed by atoms with Gasteiger partial charge in [0.05, 0.1) is 5.60 Å². The van der Waals surface area contributed by atoms with Gasteiger partial charge in [0, 0.05) is 22.9 Å². The first-order chi connectivity index (χ1) is 6.53. The molecule has 0 fully saturated rings. The fourth-order valence-electron chi connectivity index (χ4n) is 0.986. The monoisotopic (exact) mass is 305 g/mol. The first-order valence-corrected chi connectivity index (χ1v) is 5.66. The zero-order valence-electron chi connectivity index (χ0n) is 8.80. The summed E-state index contributed by atoms with van der Waals surface area (Å²) in [6.45, 7) is 4.94. The highest BCUT2D eigenvalue weighted by atomic mass is 127. The molecule has 78 valence electrons.